The number of aryl methyl sites for hydroxylation is 1. The fourth-order valence-corrected chi connectivity index (χ4v) is 2.42. The molecule has 1 amide bonds. The molecule has 0 aliphatic rings. The highest BCUT2D eigenvalue weighted by Gasteiger charge is 2.16. The number of aliphatic hydroxyl groups excluding tert-OH is 1. The van der Waals surface area contributed by atoms with Crippen LogP contribution in [0.1, 0.15) is 49.2 Å². The van der Waals surface area contributed by atoms with Crippen molar-refractivity contribution >= 4 is 23.6 Å². The topological polar surface area (TPSA) is 97.2 Å². The molecule has 7 heteroatoms. The van der Waals surface area contributed by atoms with E-state index < -0.39 is 17.7 Å². The molecule has 0 aliphatic heterocycles. The molecule has 0 saturated carbocycles. The van der Waals surface area contributed by atoms with E-state index in [4.69, 9.17) is 9.47 Å². The number of alkyl carbamates (subject to hydrolysis) is 1. The Morgan fingerprint density at radius 2 is 1.76 bits per heavy atom. The molecule has 2 rings (SSSR count). The van der Waals surface area contributed by atoms with Crippen LogP contribution >= 0.6 is 0 Å². The van der Waals surface area contributed by atoms with Gasteiger partial charge in [-0.2, -0.15) is 0 Å². The zero-order valence-electron chi connectivity index (χ0n) is 17.3. The van der Waals surface area contributed by atoms with Crippen molar-refractivity contribution < 1.29 is 24.2 Å². The minimum atomic E-state index is -0.594. The van der Waals surface area contributed by atoms with E-state index in [1.54, 1.807) is 70.2 Å². The van der Waals surface area contributed by atoms with Gasteiger partial charge in [-0.1, -0.05) is 6.07 Å². The Morgan fingerprint density at radius 3 is 2.31 bits per heavy atom. The first kappa shape index (κ1) is 22.1. The average Bonchev–Trinajstić information content (AvgIpc) is 2.60. The molecule has 0 aliphatic carbocycles. The third-order valence-electron chi connectivity index (χ3n) is 3.78. The molecule has 0 unspecified atom stereocenters. The molecule has 0 heterocycles. The summed E-state index contributed by atoms with van der Waals surface area (Å²) >= 11 is 0. The number of nitrogens with zero attached hydrogens (tertiary/aromatic N) is 1. The molecule has 0 spiro atoms. The molecule has 0 saturated heterocycles. The van der Waals surface area contributed by atoms with Crippen LogP contribution in [0.25, 0.3) is 0 Å². The second-order valence-corrected chi connectivity index (χ2v) is 7.51. The van der Waals surface area contributed by atoms with Gasteiger partial charge in [-0.25, -0.2) is 14.6 Å². The van der Waals surface area contributed by atoms with Gasteiger partial charge in [0.2, 0.25) is 0 Å². The number of benzene rings is 2. The molecule has 29 heavy (non-hydrogen) atoms. The van der Waals surface area contributed by atoms with Gasteiger partial charge in [0.25, 0.3) is 0 Å². The SMILES string of the molecule is CC(=Nc1ccc(C(=O)Oc2ccc(CO)c(C)c2)cc1)NC(=O)OC(C)(C)C. The summed E-state index contributed by atoms with van der Waals surface area (Å²) in [6.45, 7) is 8.75. The van der Waals surface area contributed by atoms with E-state index in [0.717, 1.165) is 11.1 Å². The quantitative estimate of drug-likeness (QED) is 0.347. The van der Waals surface area contributed by atoms with Crippen molar-refractivity contribution in [3.05, 3.63) is 59.2 Å². The molecule has 2 aromatic carbocycles. The number of carbonyl (C=O) groups excluding carboxylic acids is 2. The predicted molar refractivity (Wildman–Crippen MR) is 111 cm³/mol. The van der Waals surface area contributed by atoms with Gasteiger partial charge in [-0.05, 0) is 82.1 Å². The molecule has 0 fully saturated rings. The number of rotatable bonds is 4. The summed E-state index contributed by atoms with van der Waals surface area (Å²) in [7, 11) is 0. The van der Waals surface area contributed by atoms with Crippen LogP contribution in [0.2, 0.25) is 0 Å². The summed E-state index contributed by atoms with van der Waals surface area (Å²) in [6.07, 6.45) is -0.582. The maximum Gasteiger partial charge on any atom is 0.413 e. The summed E-state index contributed by atoms with van der Waals surface area (Å²) in [5.41, 5.74) is 1.96. The number of esters is 1. The third-order valence-corrected chi connectivity index (χ3v) is 3.78. The van der Waals surface area contributed by atoms with E-state index in [9.17, 15) is 14.7 Å². The van der Waals surface area contributed by atoms with E-state index in [2.05, 4.69) is 10.3 Å². The molecule has 7 nitrogen and oxygen atoms in total. The second kappa shape index (κ2) is 9.34. The molecule has 2 N–H and O–H groups in total. The van der Waals surface area contributed by atoms with Gasteiger partial charge in [0.1, 0.15) is 17.2 Å². The van der Waals surface area contributed by atoms with Crippen molar-refractivity contribution in [2.75, 3.05) is 0 Å². The Kier molecular flexibility index (Phi) is 7.12. The summed E-state index contributed by atoms with van der Waals surface area (Å²) in [4.78, 5) is 28.3. The Morgan fingerprint density at radius 1 is 1.10 bits per heavy atom. The van der Waals surface area contributed by atoms with Crippen LogP contribution in [0.15, 0.2) is 47.5 Å². The van der Waals surface area contributed by atoms with E-state index >= 15 is 0 Å². The zero-order chi connectivity index (χ0) is 21.6. The number of nitrogens with one attached hydrogen (secondary N) is 1. The van der Waals surface area contributed by atoms with Crippen molar-refractivity contribution in [2.24, 2.45) is 4.99 Å². The number of ether oxygens (including phenoxy) is 2. The number of hydrogen-bond acceptors (Lipinski definition) is 6. The van der Waals surface area contributed by atoms with Crippen molar-refractivity contribution in [3.63, 3.8) is 0 Å². The lowest BCUT2D eigenvalue weighted by atomic mass is 10.1. The van der Waals surface area contributed by atoms with Crippen LogP contribution in [0, 0.1) is 6.92 Å². The van der Waals surface area contributed by atoms with Crippen molar-refractivity contribution in [2.45, 2.75) is 46.8 Å². The van der Waals surface area contributed by atoms with Gasteiger partial charge < -0.3 is 14.6 Å². The maximum atomic E-state index is 12.3. The van der Waals surface area contributed by atoms with Gasteiger partial charge in [0.15, 0.2) is 0 Å². The smallest absolute Gasteiger partial charge is 0.413 e. The first-order chi connectivity index (χ1) is 13.6. The minimum Gasteiger partial charge on any atom is -0.444 e. The largest absolute Gasteiger partial charge is 0.444 e. The summed E-state index contributed by atoms with van der Waals surface area (Å²) in [6, 6.07) is 11.5. The van der Waals surface area contributed by atoms with Crippen LogP contribution in [0.3, 0.4) is 0 Å². The predicted octanol–water partition coefficient (Wildman–Crippen LogP) is 4.28. The molecule has 0 aromatic heterocycles. The first-order valence-corrected chi connectivity index (χ1v) is 9.15. The Hall–Kier alpha value is -3.19. The first-order valence-electron chi connectivity index (χ1n) is 9.15. The van der Waals surface area contributed by atoms with Crippen LogP contribution < -0.4 is 10.1 Å². The molecule has 0 radical (unpaired) electrons. The maximum absolute atomic E-state index is 12.3. The van der Waals surface area contributed by atoms with Crippen LogP contribution in [0.4, 0.5) is 10.5 Å². The lowest BCUT2D eigenvalue weighted by molar-refractivity contribution is 0.0562. The van der Waals surface area contributed by atoms with E-state index in [-0.39, 0.29) is 6.61 Å². The van der Waals surface area contributed by atoms with Crippen LogP contribution in [0.5, 0.6) is 5.75 Å². The van der Waals surface area contributed by atoms with E-state index in [1.807, 2.05) is 6.92 Å². The number of amides is 1. The Balaban J connectivity index is 2.01. The van der Waals surface area contributed by atoms with E-state index in [1.165, 1.54) is 0 Å². The Bertz CT molecular complexity index is 912. The molecule has 0 bridgehead atoms. The standard InChI is InChI=1S/C22H26N2O5/c1-14-12-19(11-8-17(14)13-25)28-20(26)16-6-9-18(10-7-16)23-15(2)24-21(27)29-22(3,4)5/h6-12,25H,13H2,1-5H3,(H,23,24,27). The zero-order valence-corrected chi connectivity index (χ0v) is 17.3. The van der Waals surface area contributed by atoms with Gasteiger partial charge in [0, 0.05) is 0 Å². The van der Waals surface area contributed by atoms with E-state index in [0.29, 0.717) is 22.8 Å². The summed E-state index contributed by atoms with van der Waals surface area (Å²) in [5.74, 6) is 0.276. The number of aliphatic hydroxyl groups is 1. The number of carbonyl (C=O) groups is 2. The van der Waals surface area contributed by atoms with Crippen LogP contribution in [-0.2, 0) is 11.3 Å². The summed E-state index contributed by atoms with van der Waals surface area (Å²) < 4.78 is 10.5. The highest BCUT2D eigenvalue weighted by atomic mass is 16.6. The van der Waals surface area contributed by atoms with Gasteiger partial charge in [-0.3, -0.25) is 5.32 Å². The highest BCUT2D eigenvalue weighted by molar-refractivity contribution is 5.95. The molecule has 0 atom stereocenters. The molecular formula is C22H26N2O5. The number of amidine groups is 1. The summed E-state index contributed by atoms with van der Waals surface area (Å²) in [5, 5.41) is 11.8. The number of hydrogen-bond donors (Lipinski definition) is 2. The van der Waals surface area contributed by atoms with Crippen LogP contribution in [-0.4, -0.2) is 28.6 Å². The minimum absolute atomic E-state index is 0.0652. The Labute approximate surface area is 170 Å². The fourth-order valence-electron chi connectivity index (χ4n) is 2.42. The highest BCUT2D eigenvalue weighted by Crippen LogP contribution is 2.20. The molecular weight excluding hydrogens is 372 g/mol. The van der Waals surface area contributed by atoms with Crippen molar-refractivity contribution in [3.8, 4) is 5.75 Å². The lowest BCUT2D eigenvalue weighted by Crippen LogP contribution is -2.35. The van der Waals surface area contributed by atoms with Gasteiger partial charge in [0.05, 0.1) is 17.9 Å². The molecule has 154 valence electrons. The normalized spacial score (nSPS) is 11.7. The van der Waals surface area contributed by atoms with Crippen molar-refractivity contribution in [1.29, 1.82) is 0 Å². The molecule has 2 aromatic rings. The number of aliphatic imine (C=N–C) groups is 1. The lowest BCUT2D eigenvalue weighted by Gasteiger charge is -2.19. The van der Waals surface area contributed by atoms with Gasteiger partial charge in [-0.15, -0.1) is 0 Å². The fraction of sp³-hybridized carbons (Fsp3) is 0.318. The average molecular weight is 398 g/mol. The van der Waals surface area contributed by atoms with Crippen molar-refractivity contribution in [1.82, 2.24) is 5.32 Å². The monoisotopic (exact) mass is 398 g/mol. The van der Waals surface area contributed by atoms with Gasteiger partial charge >= 0.3 is 12.1 Å². The second-order valence-electron chi connectivity index (χ2n) is 7.51. The third kappa shape index (κ3) is 7.04.